The fraction of sp³-hybridized carbons (Fsp3) is 0.800. The largest absolute Gasteiger partial charge is 0.481 e. The van der Waals surface area contributed by atoms with Gasteiger partial charge in [-0.15, -0.1) is 5.10 Å². The van der Waals surface area contributed by atoms with Crippen LogP contribution in [0.2, 0.25) is 0 Å². The van der Waals surface area contributed by atoms with Crippen LogP contribution in [0.4, 0.5) is 0 Å². The molecule has 2 aliphatic heterocycles. The van der Waals surface area contributed by atoms with Crippen molar-refractivity contribution in [1.29, 1.82) is 0 Å². The zero-order valence-corrected chi connectivity index (χ0v) is 21.0. The lowest BCUT2D eigenvalue weighted by molar-refractivity contribution is -0.143. The molecular weight excluding hydrogens is 462 g/mol. The van der Waals surface area contributed by atoms with Crippen LogP contribution >= 0.6 is 0 Å². The summed E-state index contributed by atoms with van der Waals surface area (Å²) in [7, 11) is 0. The molecule has 2 N–H and O–H groups in total. The first-order valence-corrected chi connectivity index (χ1v) is 13.5. The number of aromatic nitrogens is 3. The molecule has 1 aromatic rings. The van der Waals surface area contributed by atoms with Crippen molar-refractivity contribution < 1.29 is 19.5 Å². The minimum Gasteiger partial charge on any atom is -0.481 e. The third-order valence-corrected chi connectivity index (χ3v) is 9.57. The Bertz CT molecular complexity index is 1020. The number of carbonyl (C=O) groups is 3. The molecule has 0 aromatic carbocycles. The van der Waals surface area contributed by atoms with Crippen molar-refractivity contribution in [3.63, 3.8) is 0 Å². The number of aliphatic carboxylic acids is 1. The summed E-state index contributed by atoms with van der Waals surface area (Å²) < 4.78 is 1.95. The lowest BCUT2D eigenvalue weighted by atomic mass is 9.78. The van der Waals surface area contributed by atoms with Crippen LogP contribution in [0.15, 0.2) is 6.20 Å². The summed E-state index contributed by atoms with van der Waals surface area (Å²) in [5.74, 6) is -0.187. The van der Waals surface area contributed by atoms with Gasteiger partial charge in [0.2, 0.25) is 11.8 Å². The van der Waals surface area contributed by atoms with Gasteiger partial charge in [-0.25, -0.2) is 4.68 Å². The van der Waals surface area contributed by atoms with E-state index in [4.69, 9.17) is 5.11 Å². The summed E-state index contributed by atoms with van der Waals surface area (Å²) in [6.45, 7) is 7.35. The molecule has 5 fully saturated rings. The van der Waals surface area contributed by atoms with Crippen LogP contribution in [-0.2, 0) is 20.9 Å². The van der Waals surface area contributed by atoms with Crippen LogP contribution in [0.1, 0.15) is 57.2 Å². The molecule has 11 nitrogen and oxygen atoms in total. The van der Waals surface area contributed by atoms with Gasteiger partial charge in [0.1, 0.15) is 0 Å². The van der Waals surface area contributed by atoms with Crippen LogP contribution < -0.4 is 5.32 Å². The maximum Gasteiger partial charge on any atom is 0.306 e. The van der Waals surface area contributed by atoms with E-state index in [2.05, 4.69) is 25.4 Å². The zero-order valence-electron chi connectivity index (χ0n) is 21.0. The zero-order chi connectivity index (χ0) is 25.0. The Morgan fingerprint density at radius 2 is 1.81 bits per heavy atom. The van der Waals surface area contributed by atoms with E-state index >= 15 is 0 Å². The molecule has 6 rings (SSSR count). The average molecular weight is 500 g/mol. The molecule has 3 saturated carbocycles. The van der Waals surface area contributed by atoms with Crippen LogP contribution in [0.25, 0.3) is 0 Å². The minimum absolute atomic E-state index is 0.158. The highest BCUT2D eigenvalue weighted by atomic mass is 16.4. The highest BCUT2D eigenvalue weighted by molar-refractivity contribution is 5.88. The van der Waals surface area contributed by atoms with E-state index in [0.717, 1.165) is 70.6 Å². The van der Waals surface area contributed by atoms with E-state index < -0.39 is 5.97 Å². The van der Waals surface area contributed by atoms with Crippen molar-refractivity contribution in [1.82, 2.24) is 35.0 Å². The SMILES string of the molecule is CC(=O)N1CCN(C2CC(NC(=O)[C@@]34C[C@H](n5cc(CN6CCC(C(=O)O)CC6)nn5)[C@@H]3C4)C2)CC1. The standard InChI is InChI=1S/C25H37N7O4/c1-16(33)30-6-8-31(9-7-30)20-10-18(11-20)26-24(36)25-12-21(25)22(13-25)32-15-19(27-28-32)14-29-4-2-17(3-5-29)23(34)35/h15,17-18,20-22H,2-14H2,1H3,(H,26,36)(H,34,35)/t18?,20?,21-,22-,25-/m0/s1. The van der Waals surface area contributed by atoms with Crippen LogP contribution in [0.3, 0.4) is 0 Å². The van der Waals surface area contributed by atoms with E-state index in [0.29, 0.717) is 31.3 Å². The molecule has 0 radical (unpaired) electrons. The van der Waals surface area contributed by atoms with Crippen molar-refractivity contribution in [3.8, 4) is 0 Å². The molecule has 2 amide bonds. The topological polar surface area (TPSA) is 124 Å². The maximum atomic E-state index is 13.0. The molecular formula is C25H37N7O4. The van der Waals surface area contributed by atoms with Crippen molar-refractivity contribution in [2.75, 3.05) is 39.3 Å². The Labute approximate surface area is 211 Å². The number of likely N-dealkylation sites (tertiary alicyclic amines) is 1. The van der Waals surface area contributed by atoms with Crippen LogP contribution in [0.5, 0.6) is 0 Å². The third kappa shape index (κ3) is 4.30. The lowest BCUT2D eigenvalue weighted by Gasteiger charge is -2.47. The molecule has 1 aromatic heterocycles. The number of carboxylic acid groups (broad SMARTS) is 1. The van der Waals surface area contributed by atoms with Crippen molar-refractivity contribution in [2.24, 2.45) is 17.3 Å². The molecule has 5 aliphatic rings. The van der Waals surface area contributed by atoms with Gasteiger partial charge >= 0.3 is 5.97 Å². The van der Waals surface area contributed by atoms with Gasteiger partial charge in [0.25, 0.3) is 0 Å². The predicted molar refractivity (Wildman–Crippen MR) is 129 cm³/mol. The molecule has 36 heavy (non-hydrogen) atoms. The number of nitrogens with one attached hydrogen (secondary N) is 1. The maximum absolute atomic E-state index is 13.0. The molecule has 3 atom stereocenters. The monoisotopic (exact) mass is 499 g/mol. The second-order valence-corrected chi connectivity index (χ2v) is 11.7. The fourth-order valence-electron chi connectivity index (χ4n) is 6.91. The van der Waals surface area contributed by atoms with E-state index in [9.17, 15) is 14.4 Å². The summed E-state index contributed by atoms with van der Waals surface area (Å²) in [4.78, 5) is 42.3. The summed E-state index contributed by atoms with van der Waals surface area (Å²) in [5, 5.41) is 21.2. The molecule has 11 heteroatoms. The highest BCUT2D eigenvalue weighted by Gasteiger charge is 2.72. The number of piperidine rings is 1. The fourth-order valence-corrected chi connectivity index (χ4v) is 6.91. The van der Waals surface area contributed by atoms with E-state index in [1.165, 1.54) is 0 Å². The predicted octanol–water partition coefficient (Wildman–Crippen LogP) is 0.337. The smallest absolute Gasteiger partial charge is 0.306 e. The van der Waals surface area contributed by atoms with Crippen LogP contribution in [0, 0.1) is 17.3 Å². The Morgan fingerprint density at radius 1 is 1.08 bits per heavy atom. The second kappa shape index (κ2) is 9.09. The van der Waals surface area contributed by atoms with Gasteiger partial charge in [0.05, 0.1) is 29.3 Å². The summed E-state index contributed by atoms with van der Waals surface area (Å²) >= 11 is 0. The van der Waals surface area contributed by atoms with Gasteiger partial charge in [-0.2, -0.15) is 0 Å². The summed E-state index contributed by atoms with van der Waals surface area (Å²) in [5.41, 5.74) is 0.712. The normalized spacial score (nSPS) is 34.9. The van der Waals surface area contributed by atoms with E-state index in [1.807, 2.05) is 15.8 Å². The first-order valence-electron chi connectivity index (χ1n) is 13.5. The number of piperazine rings is 1. The van der Waals surface area contributed by atoms with Gasteiger partial charge in [0.15, 0.2) is 0 Å². The Hall–Kier alpha value is -2.53. The number of fused-ring (bicyclic) bond motifs is 1. The Balaban J connectivity index is 0.926. The summed E-state index contributed by atoms with van der Waals surface area (Å²) in [6, 6.07) is 1.04. The summed E-state index contributed by atoms with van der Waals surface area (Å²) in [6.07, 6.45) is 7.16. The highest BCUT2D eigenvalue weighted by Crippen LogP contribution is 2.72. The number of hydrogen-bond donors (Lipinski definition) is 2. The number of carbonyl (C=O) groups excluding carboxylic acids is 2. The molecule has 196 valence electrons. The van der Waals surface area contributed by atoms with Crippen LogP contribution in [-0.4, -0.2) is 104 Å². The minimum atomic E-state index is -0.691. The van der Waals surface area contributed by atoms with Gasteiger partial charge in [-0.05, 0) is 57.5 Å². The molecule has 3 aliphatic carbocycles. The van der Waals surface area contributed by atoms with Gasteiger partial charge in [-0.3, -0.25) is 24.2 Å². The average Bonchev–Trinajstić information content (AvgIpc) is 3.17. The number of rotatable bonds is 7. The molecule has 0 spiro atoms. The number of hydrogen-bond acceptors (Lipinski definition) is 7. The molecule has 2 saturated heterocycles. The van der Waals surface area contributed by atoms with Crippen molar-refractivity contribution in [3.05, 3.63) is 11.9 Å². The number of amides is 2. The second-order valence-electron chi connectivity index (χ2n) is 11.7. The quantitative estimate of drug-likeness (QED) is 0.550. The first kappa shape index (κ1) is 23.8. The van der Waals surface area contributed by atoms with Gasteiger partial charge < -0.3 is 15.3 Å². The Morgan fingerprint density at radius 3 is 2.44 bits per heavy atom. The van der Waals surface area contributed by atoms with E-state index in [-0.39, 0.29) is 35.2 Å². The number of nitrogens with zero attached hydrogens (tertiary/aromatic N) is 6. The molecule has 0 bridgehead atoms. The van der Waals surface area contributed by atoms with Gasteiger partial charge in [0, 0.05) is 51.7 Å². The third-order valence-electron chi connectivity index (χ3n) is 9.57. The first-order chi connectivity index (χ1) is 17.3. The van der Waals surface area contributed by atoms with E-state index in [1.54, 1.807) is 6.92 Å². The lowest BCUT2D eigenvalue weighted by Crippen LogP contribution is -2.59. The van der Waals surface area contributed by atoms with Gasteiger partial charge in [-0.1, -0.05) is 5.21 Å². The number of carboxylic acids is 1. The molecule has 3 heterocycles. The van der Waals surface area contributed by atoms with Crippen molar-refractivity contribution in [2.45, 2.75) is 70.1 Å². The Kier molecular flexibility index (Phi) is 6.02. The molecule has 0 unspecified atom stereocenters. The van der Waals surface area contributed by atoms with Crippen molar-refractivity contribution >= 4 is 17.8 Å².